The fourth-order valence-corrected chi connectivity index (χ4v) is 2.95. The Hall–Kier alpha value is -0.980. The van der Waals surface area contributed by atoms with Gasteiger partial charge < -0.3 is 5.11 Å². The van der Waals surface area contributed by atoms with Crippen molar-refractivity contribution < 1.29 is 17.9 Å². The van der Waals surface area contributed by atoms with Crippen LogP contribution in [0.4, 0.5) is 4.39 Å². The minimum absolute atomic E-state index is 0.0725. The first-order chi connectivity index (χ1) is 9.24. The maximum Gasteiger partial charge on any atom is 0.215 e. The van der Waals surface area contributed by atoms with Crippen LogP contribution in [0, 0.1) is 11.2 Å². The molecule has 0 amide bonds. The fourth-order valence-electron chi connectivity index (χ4n) is 1.77. The maximum atomic E-state index is 13.0. The molecule has 0 bridgehead atoms. The SMILES string of the molecule is CC(C)(CO)CCCNS(=O)(=O)Cc1cccc(F)c1. The summed E-state index contributed by atoms with van der Waals surface area (Å²) in [7, 11) is -3.46. The zero-order chi connectivity index (χ0) is 15.2. The van der Waals surface area contributed by atoms with Crippen molar-refractivity contribution in [3.05, 3.63) is 35.6 Å². The molecule has 114 valence electrons. The van der Waals surface area contributed by atoms with Crippen LogP contribution in [0.1, 0.15) is 32.3 Å². The number of nitrogens with one attached hydrogen (secondary N) is 1. The zero-order valence-corrected chi connectivity index (χ0v) is 12.7. The van der Waals surface area contributed by atoms with Crippen LogP contribution in [-0.2, 0) is 15.8 Å². The topological polar surface area (TPSA) is 66.4 Å². The summed E-state index contributed by atoms with van der Waals surface area (Å²) in [4.78, 5) is 0. The zero-order valence-electron chi connectivity index (χ0n) is 11.9. The molecule has 0 spiro atoms. The van der Waals surface area contributed by atoms with E-state index in [0.717, 1.165) is 6.42 Å². The van der Waals surface area contributed by atoms with Gasteiger partial charge in [-0.3, -0.25) is 0 Å². The Morgan fingerprint density at radius 2 is 2.05 bits per heavy atom. The number of rotatable bonds is 8. The number of hydrogen-bond donors (Lipinski definition) is 2. The van der Waals surface area contributed by atoms with Crippen molar-refractivity contribution in [1.82, 2.24) is 4.72 Å². The first-order valence-corrected chi connectivity index (χ1v) is 8.22. The van der Waals surface area contributed by atoms with Crippen molar-refractivity contribution in [3.63, 3.8) is 0 Å². The average molecular weight is 303 g/mol. The molecule has 0 unspecified atom stereocenters. The summed E-state index contributed by atoms with van der Waals surface area (Å²) in [5, 5.41) is 9.10. The molecule has 1 aromatic carbocycles. The highest BCUT2D eigenvalue weighted by atomic mass is 32.2. The molecule has 0 atom stereocenters. The second kappa shape index (κ2) is 7.15. The van der Waals surface area contributed by atoms with Crippen molar-refractivity contribution in [1.29, 1.82) is 0 Å². The van der Waals surface area contributed by atoms with Gasteiger partial charge in [0.25, 0.3) is 0 Å². The van der Waals surface area contributed by atoms with Crippen LogP contribution < -0.4 is 4.72 Å². The highest BCUT2D eigenvalue weighted by Crippen LogP contribution is 2.20. The molecule has 0 aromatic heterocycles. The predicted octanol–water partition coefficient (Wildman–Crippen LogP) is 2.04. The van der Waals surface area contributed by atoms with E-state index in [1.807, 2.05) is 13.8 Å². The number of halogens is 1. The lowest BCUT2D eigenvalue weighted by molar-refractivity contribution is 0.148. The molecule has 1 rings (SSSR count). The van der Waals surface area contributed by atoms with E-state index in [-0.39, 0.29) is 17.8 Å². The predicted molar refractivity (Wildman–Crippen MR) is 77.1 cm³/mol. The second-order valence-corrected chi connectivity index (χ2v) is 7.52. The molecule has 4 nitrogen and oxygen atoms in total. The number of sulfonamides is 1. The molecule has 2 N–H and O–H groups in total. The summed E-state index contributed by atoms with van der Waals surface area (Å²) >= 11 is 0. The van der Waals surface area contributed by atoms with Gasteiger partial charge >= 0.3 is 0 Å². The van der Waals surface area contributed by atoms with Crippen molar-refractivity contribution in [2.75, 3.05) is 13.2 Å². The molecule has 0 radical (unpaired) electrons. The van der Waals surface area contributed by atoms with Crippen LogP contribution in [0.2, 0.25) is 0 Å². The Morgan fingerprint density at radius 1 is 1.35 bits per heavy atom. The molecule has 0 aliphatic heterocycles. The van der Waals surface area contributed by atoms with Gasteiger partial charge in [-0.2, -0.15) is 0 Å². The van der Waals surface area contributed by atoms with E-state index in [9.17, 15) is 12.8 Å². The summed E-state index contributed by atoms with van der Waals surface area (Å²) in [5.74, 6) is -0.670. The monoisotopic (exact) mass is 303 g/mol. The van der Waals surface area contributed by atoms with E-state index in [2.05, 4.69) is 4.72 Å². The lowest BCUT2D eigenvalue weighted by Gasteiger charge is -2.21. The van der Waals surface area contributed by atoms with E-state index in [1.165, 1.54) is 18.2 Å². The van der Waals surface area contributed by atoms with Gasteiger partial charge in [-0.15, -0.1) is 0 Å². The molecular formula is C14H22FNO3S. The summed E-state index contributed by atoms with van der Waals surface area (Å²) < 4.78 is 39.1. The third-order valence-electron chi connectivity index (χ3n) is 3.03. The van der Waals surface area contributed by atoms with Crippen LogP contribution in [-0.4, -0.2) is 26.7 Å². The van der Waals surface area contributed by atoms with Gasteiger partial charge in [-0.05, 0) is 36.0 Å². The molecule has 6 heteroatoms. The third kappa shape index (κ3) is 6.45. The van der Waals surface area contributed by atoms with E-state index >= 15 is 0 Å². The summed E-state index contributed by atoms with van der Waals surface area (Å²) in [6.45, 7) is 4.24. The van der Waals surface area contributed by atoms with Crippen molar-refractivity contribution in [2.24, 2.45) is 5.41 Å². The first kappa shape index (κ1) is 17.1. The van der Waals surface area contributed by atoms with Crippen LogP contribution in [0.25, 0.3) is 0 Å². The van der Waals surface area contributed by atoms with Gasteiger partial charge in [-0.1, -0.05) is 26.0 Å². The quantitative estimate of drug-likeness (QED) is 0.722. The molecule has 0 saturated carbocycles. The number of benzene rings is 1. The molecule has 0 aliphatic rings. The van der Waals surface area contributed by atoms with Gasteiger partial charge in [0.05, 0.1) is 5.75 Å². The highest BCUT2D eigenvalue weighted by molar-refractivity contribution is 7.88. The molecule has 20 heavy (non-hydrogen) atoms. The molecular weight excluding hydrogens is 281 g/mol. The lowest BCUT2D eigenvalue weighted by Crippen LogP contribution is -2.27. The highest BCUT2D eigenvalue weighted by Gasteiger charge is 2.17. The number of aliphatic hydroxyl groups excluding tert-OH is 1. The summed E-state index contributed by atoms with van der Waals surface area (Å²) in [6, 6.07) is 5.57. The van der Waals surface area contributed by atoms with Crippen molar-refractivity contribution in [2.45, 2.75) is 32.4 Å². The minimum Gasteiger partial charge on any atom is -0.396 e. The Bertz CT molecular complexity index is 529. The van der Waals surface area contributed by atoms with Crippen molar-refractivity contribution >= 4 is 10.0 Å². The van der Waals surface area contributed by atoms with Gasteiger partial charge in [0.15, 0.2) is 0 Å². The first-order valence-electron chi connectivity index (χ1n) is 6.57. The Morgan fingerprint density at radius 3 is 2.65 bits per heavy atom. The molecule has 0 aliphatic carbocycles. The van der Waals surface area contributed by atoms with Gasteiger partial charge in [0, 0.05) is 13.2 Å². The molecule has 1 aromatic rings. The van der Waals surface area contributed by atoms with Gasteiger partial charge in [0.1, 0.15) is 5.82 Å². The Balaban J connectivity index is 2.43. The molecule has 0 heterocycles. The second-order valence-electron chi connectivity index (χ2n) is 5.71. The normalized spacial score (nSPS) is 12.6. The van der Waals surface area contributed by atoms with Crippen LogP contribution >= 0.6 is 0 Å². The van der Waals surface area contributed by atoms with E-state index in [4.69, 9.17) is 5.11 Å². The van der Waals surface area contributed by atoms with Crippen LogP contribution in [0.5, 0.6) is 0 Å². The third-order valence-corrected chi connectivity index (χ3v) is 4.38. The molecule has 0 saturated heterocycles. The Kier molecular flexibility index (Phi) is 6.10. The minimum atomic E-state index is -3.46. The maximum absolute atomic E-state index is 13.0. The van der Waals surface area contributed by atoms with E-state index in [0.29, 0.717) is 18.5 Å². The standard InChI is InChI=1S/C14H22FNO3S/c1-14(2,11-17)7-4-8-16-20(18,19)10-12-5-3-6-13(15)9-12/h3,5-6,9,16-17H,4,7-8,10-11H2,1-2H3. The van der Waals surface area contributed by atoms with Crippen LogP contribution in [0.3, 0.4) is 0 Å². The van der Waals surface area contributed by atoms with Crippen molar-refractivity contribution in [3.8, 4) is 0 Å². The van der Waals surface area contributed by atoms with Gasteiger partial charge in [-0.25, -0.2) is 17.5 Å². The Labute approximate surface area is 120 Å². The fraction of sp³-hybridized carbons (Fsp3) is 0.571. The number of aliphatic hydroxyl groups is 1. The summed E-state index contributed by atoms with van der Waals surface area (Å²) in [6.07, 6.45) is 1.38. The smallest absolute Gasteiger partial charge is 0.215 e. The number of hydrogen-bond acceptors (Lipinski definition) is 3. The molecule has 0 fully saturated rings. The average Bonchev–Trinajstić information content (AvgIpc) is 2.34. The lowest BCUT2D eigenvalue weighted by atomic mass is 9.89. The van der Waals surface area contributed by atoms with E-state index in [1.54, 1.807) is 6.07 Å². The van der Waals surface area contributed by atoms with Gasteiger partial charge in [0.2, 0.25) is 10.0 Å². The van der Waals surface area contributed by atoms with E-state index < -0.39 is 15.8 Å². The largest absolute Gasteiger partial charge is 0.396 e. The van der Waals surface area contributed by atoms with Crippen LogP contribution in [0.15, 0.2) is 24.3 Å². The summed E-state index contributed by atoms with van der Waals surface area (Å²) in [5.41, 5.74) is 0.224.